The van der Waals surface area contributed by atoms with Crippen LogP contribution in [0.1, 0.15) is 6.92 Å². The van der Waals surface area contributed by atoms with Gasteiger partial charge in [-0.15, -0.1) is 0 Å². The summed E-state index contributed by atoms with van der Waals surface area (Å²) in [6.45, 7) is 5.00. The third-order valence-electron chi connectivity index (χ3n) is 0.979. The fraction of sp³-hybridized carbons (Fsp3) is 0.222. The molecular weight excluding hydrogens is 228 g/mol. The molecule has 0 bridgehead atoms. The SMILES string of the molecule is COc1ccccc1.[Br-].[CH2-]C.[Mg+2]. The van der Waals surface area contributed by atoms with Crippen LogP contribution < -0.4 is 21.7 Å². The second-order valence-corrected chi connectivity index (χ2v) is 1.52. The van der Waals surface area contributed by atoms with Gasteiger partial charge in [0.2, 0.25) is 0 Å². The number of hydrogen-bond acceptors (Lipinski definition) is 1. The van der Waals surface area contributed by atoms with Crippen LogP contribution in [0.2, 0.25) is 0 Å². The minimum Gasteiger partial charge on any atom is -1.00 e. The maximum Gasteiger partial charge on any atom is 2.00 e. The molecule has 1 aromatic rings. The van der Waals surface area contributed by atoms with Crippen molar-refractivity contribution in [3.63, 3.8) is 0 Å². The average molecular weight is 241 g/mol. The average Bonchev–Trinajstić information content (AvgIpc) is 2.10. The Bertz CT molecular complexity index is 156. The van der Waals surface area contributed by atoms with Gasteiger partial charge in [-0.1, -0.05) is 18.2 Å². The number of methoxy groups -OCH3 is 1. The maximum atomic E-state index is 4.91. The number of hydrogen-bond donors (Lipinski definition) is 0. The second-order valence-electron chi connectivity index (χ2n) is 1.52. The molecule has 1 rings (SSSR count). The van der Waals surface area contributed by atoms with E-state index >= 15 is 0 Å². The molecule has 0 aliphatic rings. The summed E-state index contributed by atoms with van der Waals surface area (Å²) >= 11 is 0. The first-order valence-corrected chi connectivity index (χ1v) is 3.23. The maximum absolute atomic E-state index is 4.91. The van der Waals surface area contributed by atoms with Crippen LogP contribution in [-0.2, 0) is 0 Å². The fourth-order valence-electron chi connectivity index (χ4n) is 0.557. The molecule has 0 unspecified atom stereocenters. The number of halogens is 1. The van der Waals surface area contributed by atoms with E-state index in [0.717, 1.165) is 5.75 Å². The summed E-state index contributed by atoms with van der Waals surface area (Å²) < 4.78 is 4.91. The number of benzene rings is 1. The van der Waals surface area contributed by atoms with Gasteiger partial charge in [0.05, 0.1) is 7.11 Å². The number of rotatable bonds is 1. The minimum atomic E-state index is 0. The molecule has 0 radical (unpaired) electrons. The van der Waals surface area contributed by atoms with Crippen molar-refractivity contribution in [3.8, 4) is 5.75 Å². The molecule has 3 heteroatoms. The molecule has 0 aliphatic carbocycles. The first kappa shape index (κ1) is 18.1. The molecule has 0 aromatic heterocycles. The van der Waals surface area contributed by atoms with E-state index in [1.807, 2.05) is 30.3 Å². The number of para-hydroxylation sites is 1. The monoisotopic (exact) mass is 240 g/mol. The topological polar surface area (TPSA) is 9.23 Å². The van der Waals surface area contributed by atoms with E-state index in [9.17, 15) is 0 Å². The normalized spacial score (nSPS) is 6.25. The second kappa shape index (κ2) is 13.8. The summed E-state index contributed by atoms with van der Waals surface area (Å²) in [7, 11) is 1.66. The molecule has 12 heavy (non-hydrogen) atoms. The van der Waals surface area contributed by atoms with Gasteiger partial charge in [0.1, 0.15) is 5.75 Å². The van der Waals surface area contributed by atoms with Crippen molar-refractivity contribution in [1.82, 2.24) is 0 Å². The van der Waals surface area contributed by atoms with Gasteiger partial charge in [-0.25, -0.2) is 0 Å². The van der Waals surface area contributed by atoms with Crippen LogP contribution in [0.5, 0.6) is 5.75 Å². The van der Waals surface area contributed by atoms with E-state index in [2.05, 4.69) is 6.92 Å². The van der Waals surface area contributed by atoms with Crippen molar-refractivity contribution >= 4 is 23.1 Å². The van der Waals surface area contributed by atoms with Gasteiger partial charge >= 0.3 is 23.1 Å². The van der Waals surface area contributed by atoms with Gasteiger partial charge in [-0.2, -0.15) is 6.92 Å². The smallest absolute Gasteiger partial charge is 1.00 e. The predicted octanol–water partition coefficient (Wildman–Crippen LogP) is -0.841. The zero-order chi connectivity index (χ0) is 7.82. The van der Waals surface area contributed by atoms with E-state index in [1.165, 1.54) is 0 Å². The fourth-order valence-corrected chi connectivity index (χ4v) is 0.557. The molecule has 0 heterocycles. The molecule has 64 valence electrons. The minimum absolute atomic E-state index is 0. The predicted molar refractivity (Wildman–Crippen MR) is 49.8 cm³/mol. The summed E-state index contributed by atoms with van der Waals surface area (Å²) in [5.41, 5.74) is 0. The summed E-state index contributed by atoms with van der Waals surface area (Å²) in [6, 6.07) is 9.68. The molecule has 0 saturated carbocycles. The molecule has 1 aromatic carbocycles. The molecule has 0 N–H and O–H groups in total. The molecular formula is C9H13BrMgO. The largest absolute Gasteiger partial charge is 2.00 e. The molecule has 0 aliphatic heterocycles. The molecule has 0 atom stereocenters. The van der Waals surface area contributed by atoms with Gasteiger partial charge in [0.25, 0.3) is 0 Å². The van der Waals surface area contributed by atoms with Gasteiger partial charge < -0.3 is 28.6 Å². The van der Waals surface area contributed by atoms with Gasteiger partial charge in [-0.3, -0.25) is 0 Å². The van der Waals surface area contributed by atoms with Crippen LogP contribution in [0.3, 0.4) is 0 Å². The number of ether oxygens (including phenoxy) is 1. The van der Waals surface area contributed by atoms with E-state index in [1.54, 1.807) is 14.0 Å². The van der Waals surface area contributed by atoms with Crippen molar-refractivity contribution < 1.29 is 21.7 Å². The zero-order valence-corrected chi connectivity index (χ0v) is 10.6. The standard InChI is InChI=1S/C7H8O.C2H5.BrH.Mg/c1-8-7-5-3-2-4-6-7;1-2;;/h2-6H,1H3;1H2,2H3;1H;/q;-1;;+2/p-1. The third kappa shape index (κ3) is 8.36. The summed E-state index contributed by atoms with van der Waals surface area (Å²) in [6.07, 6.45) is 0. The van der Waals surface area contributed by atoms with Crippen LogP contribution in [0.25, 0.3) is 0 Å². The Hall–Kier alpha value is 0.266. The Morgan fingerprint density at radius 2 is 1.50 bits per heavy atom. The molecule has 0 fully saturated rings. The van der Waals surface area contributed by atoms with Crippen molar-refractivity contribution in [2.24, 2.45) is 0 Å². The van der Waals surface area contributed by atoms with E-state index < -0.39 is 0 Å². The van der Waals surface area contributed by atoms with E-state index in [4.69, 9.17) is 4.74 Å². The van der Waals surface area contributed by atoms with E-state index in [0.29, 0.717) is 0 Å². The Labute approximate surface area is 101 Å². The molecule has 1 nitrogen and oxygen atoms in total. The Kier molecular flexibility index (Phi) is 20.9. The van der Waals surface area contributed by atoms with Crippen LogP contribution >= 0.6 is 0 Å². The summed E-state index contributed by atoms with van der Waals surface area (Å²) in [5.74, 6) is 0.910. The first-order valence-electron chi connectivity index (χ1n) is 3.23. The molecule has 0 amide bonds. The van der Waals surface area contributed by atoms with Crippen molar-refractivity contribution in [2.75, 3.05) is 7.11 Å². The van der Waals surface area contributed by atoms with E-state index in [-0.39, 0.29) is 40.0 Å². The van der Waals surface area contributed by atoms with Crippen LogP contribution in [-0.4, -0.2) is 30.2 Å². The summed E-state index contributed by atoms with van der Waals surface area (Å²) in [4.78, 5) is 0. The quantitative estimate of drug-likeness (QED) is 0.460. The Morgan fingerprint density at radius 3 is 1.75 bits per heavy atom. The molecule has 0 saturated heterocycles. The van der Waals surface area contributed by atoms with Gasteiger partial charge in [-0.05, 0) is 12.1 Å². The van der Waals surface area contributed by atoms with Crippen molar-refractivity contribution in [3.05, 3.63) is 37.3 Å². The summed E-state index contributed by atoms with van der Waals surface area (Å²) in [5, 5.41) is 0. The van der Waals surface area contributed by atoms with Gasteiger partial charge in [0, 0.05) is 0 Å². The third-order valence-corrected chi connectivity index (χ3v) is 0.979. The van der Waals surface area contributed by atoms with Crippen molar-refractivity contribution in [1.29, 1.82) is 0 Å². The van der Waals surface area contributed by atoms with Gasteiger partial charge in [0.15, 0.2) is 0 Å². The zero-order valence-electron chi connectivity index (χ0n) is 7.59. The van der Waals surface area contributed by atoms with Crippen LogP contribution in [0.15, 0.2) is 30.3 Å². The van der Waals surface area contributed by atoms with Crippen molar-refractivity contribution in [2.45, 2.75) is 6.92 Å². The van der Waals surface area contributed by atoms with Crippen LogP contribution in [0, 0.1) is 6.92 Å². The van der Waals surface area contributed by atoms with Crippen LogP contribution in [0.4, 0.5) is 0 Å². The Morgan fingerprint density at radius 1 is 1.08 bits per heavy atom. The molecule has 0 spiro atoms. The first-order chi connectivity index (χ1) is 4.93. The Balaban J connectivity index is -0.000000189.